The summed E-state index contributed by atoms with van der Waals surface area (Å²) in [6.07, 6.45) is -8.80. The first-order valence-electron chi connectivity index (χ1n) is 6.36. The van der Waals surface area contributed by atoms with Crippen LogP contribution < -0.4 is 0 Å². The number of hydrogen-bond donors (Lipinski definition) is 0. The molecule has 122 valence electrons. The van der Waals surface area contributed by atoms with Crippen molar-refractivity contribution < 1.29 is 30.7 Å². The SMILES string of the molecule is CCCCCCC(I)C(C)C(F)(C(F)(F)F)C(F)(F)F. The van der Waals surface area contributed by atoms with Crippen LogP contribution in [-0.2, 0) is 0 Å². The van der Waals surface area contributed by atoms with E-state index in [1.165, 1.54) is 22.6 Å². The van der Waals surface area contributed by atoms with E-state index >= 15 is 0 Å². The summed E-state index contributed by atoms with van der Waals surface area (Å²) in [6, 6.07) is 0. The fourth-order valence-electron chi connectivity index (χ4n) is 1.94. The van der Waals surface area contributed by atoms with Crippen LogP contribution >= 0.6 is 22.6 Å². The molecular weight excluding hydrogens is 404 g/mol. The van der Waals surface area contributed by atoms with Crippen LogP contribution in [0.25, 0.3) is 0 Å². The lowest BCUT2D eigenvalue weighted by Gasteiger charge is -2.37. The van der Waals surface area contributed by atoms with Gasteiger partial charge in [0.25, 0.3) is 0 Å². The minimum absolute atomic E-state index is 0.138. The first kappa shape index (κ1) is 20.2. The van der Waals surface area contributed by atoms with Gasteiger partial charge >= 0.3 is 18.0 Å². The summed E-state index contributed by atoms with van der Waals surface area (Å²) in [5, 5.41) is 0. The Labute approximate surface area is 127 Å². The lowest BCUT2D eigenvalue weighted by atomic mass is 9.85. The van der Waals surface area contributed by atoms with Crippen LogP contribution in [0.4, 0.5) is 30.7 Å². The molecule has 0 nitrogen and oxygen atoms in total. The maximum atomic E-state index is 13.8. The van der Waals surface area contributed by atoms with E-state index in [0.29, 0.717) is 13.3 Å². The maximum absolute atomic E-state index is 13.8. The molecule has 0 saturated carbocycles. The Hall–Kier alpha value is 0.240. The average Bonchev–Trinajstić information content (AvgIpc) is 2.29. The molecule has 0 aliphatic heterocycles. The number of rotatable bonds is 7. The molecule has 0 saturated heterocycles. The second kappa shape index (κ2) is 7.49. The van der Waals surface area contributed by atoms with Gasteiger partial charge in [-0.3, -0.25) is 0 Å². The molecule has 0 fully saturated rings. The lowest BCUT2D eigenvalue weighted by molar-refractivity contribution is -0.356. The monoisotopic (exact) mass is 422 g/mol. The van der Waals surface area contributed by atoms with Gasteiger partial charge in [0.15, 0.2) is 0 Å². The quantitative estimate of drug-likeness (QED) is 0.198. The summed E-state index contributed by atoms with van der Waals surface area (Å²) < 4.78 is 88.1. The van der Waals surface area contributed by atoms with Gasteiger partial charge in [-0.25, -0.2) is 4.39 Å². The van der Waals surface area contributed by atoms with Crippen molar-refractivity contribution in [2.75, 3.05) is 0 Å². The molecule has 0 aromatic rings. The Bertz CT molecular complexity index is 271. The standard InChI is InChI=1S/C12H18F7I/c1-3-4-5-6-7-9(20)8(2)10(13,11(14,15)16)12(17,18)19/h8-9H,3-7H2,1-2H3. The van der Waals surface area contributed by atoms with Gasteiger partial charge in [0.05, 0.1) is 0 Å². The molecule has 0 rings (SSSR count). The molecule has 0 amide bonds. The second-order valence-corrected chi connectivity index (χ2v) is 6.46. The highest BCUT2D eigenvalue weighted by Crippen LogP contribution is 2.52. The topological polar surface area (TPSA) is 0 Å². The van der Waals surface area contributed by atoms with Gasteiger partial charge in [0.2, 0.25) is 0 Å². The fraction of sp³-hybridized carbons (Fsp3) is 1.00. The number of unbranched alkanes of at least 4 members (excludes halogenated alkanes) is 3. The Morgan fingerprint density at radius 1 is 0.850 bits per heavy atom. The smallest absolute Gasteiger partial charge is 0.223 e. The van der Waals surface area contributed by atoms with Gasteiger partial charge in [-0.2, -0.15) is 26.3 Å². The van der Waals surface area contributed by atoms with Crippen molar-refractivity contribution in [2.24, 2.45) is 5.92 Å². The van der Waals surface area contributed by atoms with Crippen LogP contribution in [0, 0.1) is 5.92 Å². The number of alkyl halides is 8. The van der Waals surface area contributed by atoms with Gasteiger partial charge in [-0.05, 0) is 6.42 Å². The van der Waals surface area contributed by atoms with Crippen LogP contribution in [0.5, 0.6) is 0 Å². The average molecular weight is 422 g/mol. The largest absolute Gasteiger partial charge is 0.431 e. The molecule has 2 unspecified atom stereocenters. The molecule has 0 heterocycles. The summed E-state index contributed by atoms with van der Waals surface area (Å²) in [5.74, 6) is -2.18. The highest BCUT2D eigenvalue weighted by molar-refractivity contribution is 14.1. The zero-order valence-electron chi connectivity index (χ0n) is 11.2. The Kier molecular flexibility index (Phi) is 7.58. The molecule has 0 spiro atoms. The van der Waals surface area contributed by atoms with Gasteiger partial charge in [0.1, 0.15) is 0 Å². The zero-order valence-corrected chi connectivity index (χ0v) is 13.4. The van der Waals surface area contributed by atoms with Crippen LogP contribution in [0.15, 0.2) is 0 Å². The van der Waals surface area contributed by atoms with E-state index in [-0.39, 0.29) is 6.42 Å². The third kappa shape index (κ3) is 4.62. The molecule has 0 radical (unpaired) electrons. The van der Waals surface area contributed by atoms with Crippen molar-refractivity contribution in [3.8, 4) is 0 Å². The molecule has 0 aromatic heterocycles. The normalized spacial score (nSPS) is 17.1. The molecule has 0 aliphatic carbocycles. The molecule has 0 bridgehead atoms. The van der Waals surface area contributed by atoms with E-state index in [9.17, 15) is 30.7 Å². The van der Waals surface area contributed by atoms with E-state index in [2.05, 4.69) is 0 Å². The van der Waals surface area contributed by atoms with Crippen molar-refractivity contribution in [2.45, 2.75) is 67.9 Å². The van der Waals surface area contributed by atoms with Gasteiger partial charge in [-0.15, -0.1) is 0 Å². The van der Waals surface area contributed by atoms with Crippen molar-refractivity contribution in [1.82, 2.24) is 0 Å². The number of hydrogen-bond acceptors (Lipinski definition) is 0. The molecule has 0 aromatic carbocycles. The predicted molar refractivity (Wildman–Crippen MR) is 71.7 cm³/mol. The van der Waals surface area contributed by atoms with E-state index in [1.807, 2.05) is 6.92 Å². The molecule has 2 atom stereocenters. The van der Waals surface area contributed by atoms with Crippen molar-refractivity contribution in [1.29, 1.82) is 0 Å². The van der Waals surface area contributed by atoms with E-state index in [0.717, 1.165) is 19.3 Å². The second-order valence-electron chi connectivity index (χ2n) is 4.86. The lowest BCUT2D eigenvalue weighted by Crippen LogP contribution is -2.59. The summed E-state index contributed by atoms with van der Waals surface area (Å²) in [4.78, 5) is 0. The molecular formula is C12H18F7I. The minimum Gasteiger partial charge on any atom is -0.223 e. The highest BCUT2D eigenvalue weighted by atomic mass is 127. The van der Waals surface area contributed by atoms with E-state index in [4.69, 9.17) is 0 Å². The van der Waals surface area contributed by atoms with Crippen LogP contribution in [0.2, 0.25) is 0 Å². The van der Waals surface area contributed by atoms with Gasteiger partial charge in [-0.1, -0.05) is 62.1 Å². The first-order valence-corrected chi connectivity index (χ1v) is 7.60. The van der Waals surface area contributed by atoms with Crippen LogP contribution in [-0.4, -0.2) is 21.9 Å². The molecule has 0 N–H and O–H groups in total. The maximum Gasteiger partial charge on any atom is 0.431 e. The summed E-state index contributed by atoms with van der Waals surface area (Å²) in [5.41, 5.74) is -5.16. The third-order valence-electron chi connectivity index (χ3n) is 3.33. The summed E-state index contributed by atoms with van der Waals surface area (Å²) in [6.45, 7) is 2.61. The van der Waals surface area contributed by atoms with Crippen LogP contribution in [0.1, 0.15) is 46.0 Å². The Morgan fingerprint density at radius 2 is 1.30 bits per heavy atom. The highest BCUT2D eigenvalue weighted by Gasteiger charge is 2.75. The van der Waals surface area contributed by atoms with Crippen molar-refractivity contribution in [3.63, 3.8) is 0 Å². The minimum atomic E-state index is -5.96. The van der Waals surface area contributed by atoms with E-state index < -0.39 is 27.9 Å². The molecule has 8 heteroatoms. The third-order valence-corrected chi connectivity index (χ3v) is 5.03. The Balaban J connectivity index is 4.94. The van der Waals surface area contributed by atoms with Crippen molar-refractivity contribution >= 4 is 22.6 Å². The predicted octanol–water partition coefficient (Wildman–Crippen LogP) is 6.23. The van der Waals surface area contributed by atoms with Crippen LogP contribution in [0.3, 0.4) is 0 Å². The number of halogens is 8. The Morgan fingerprint density at radius 3 is 1.65 bits per heavy atom. The summed E-state index contributed by atoms with van der Waals surface area (Å²) >= 11 is 1.48. The zero-order chi connectivity index (χ0) is 16.2. The molecule has 20 heavy (non-hydrogen) atoms. The summed E-state index contributed by atoms with van der Waals surface area (Å²) in [7, 11) is 0. The molecule has 0 aliphatic rings. The fourth-order valence-corrected chi connectivity index (χ4v) is 2.88. The van der Waals surface area contributed by atoms with Gasteiger partial charge < -0.3 is 0 Å². The van der Waals surface area contributed by atoms with E-state index in [1.54, 1.807) is 0 Å². The first-order chi connectivity index (χ1) is 8.89. The van der Waals surface area contributed by atoms with Crippen molar-refractivity contribution in [3.05, 3.63) is 0 Å². The van der Waals surface area contributed by atoms with Gasteiger partial charge in [0, 0.05) is 9.84 Å².